The van der Waals surface area contributed by atoms with Crippen molar-refractivity contribution in [3.63, 3.8) is 0 Å². The van der Waals surface area contributed by atoms with Gasteiger partial charge in [0.25, 0.3) is 0 Å². The van der Waals surface area contributed by atoms with E-state index in [9.17, 15) is 4.79 Å². The first-order chi connectivity index (χ1) is 12.6. The Hall–Kier alpha value is -1.55. The molecule has 4 heteroatoms. The first-order valence-corrected chi connectivity index (χ1v) is 10.5. The van der Waals surface area contributed by atoms with E-state index in [4.69, 9.17) is 0 Å². The Kier molecular flexibility index (Phi) is 6.95. The van der Waals surface area contributed by atoms with E-state index in [1.54, 1.807) is 0 Å². The molecule has 0 spiro atoms. The molecule has 1 amide bonds. The Labute approximate surface area is 159 Å². The predicted octanol–water partition coefficient (Wildman–Crippen LogP) is 3.55. The number of anilines is 1. The summed E-state index contributed by atoms with van der Waals surface area (Å²) in [4.78, 5) is 19.2. The lowest BCUT2D eigenvalue weighted by molar-refractivity contribution is -0.130. The molecule has 2 aliphatic rings. The van der Waals surface area contributed by atoms with Gasteiger partial charge in [-0.1, -0.05) is 12.1 Å². The Morgan fingerprint density at radius 2 is 1.65 bits per heavy atom. The van der Waals surface area contributed by atoms with Gasteiger partial charge in [0, 0.05) is 44.8 Å². The van der Waals surface area contributed by atoms with Crippen LogP contribution in [-0.2, 0) is 11.2 Å². The lowest BCUT2D eigenvalue weighted by Gasteiger charge is -2.27. The third-order valence-corrected chi connectivity index (χ3v) is 6.11. The summed E-state index contributed by atoms with van der Waals surface area (Å²) in [6.07, 6.45) is 7.77. The van der Waals surface area contributed by atoms with Crippen LogP contribution in [0, 0.1) is 0 Å². The second kappa shape index (κ2) is 9.40. The molecule has 2 heterocycles. The maximum absolute atomic E-state index is 12.2. The molecule has 2 aliphatic heterocycles. The topological polar surface area (TPSA) is 26.8 Å². The van der Waals surface area contributed by atoms with Gasteiger partial charge < -0.3 is 14.7 Å². The molecule has 0 bridgehead atoms. The lowest BCUT2D eigenvalue weighted by Crippen LogP contribution is -2.33. The maximum Gasteiger partial charge on any atom is 0.222 e. The molecular weight excluding hydrogens is 322 g/mol. The molecule has 2 fully saturated rings. The zero-order valence-electron chi connectivity index (χ0n) is 16.6. The number of benzene rings is 1. The van der Waals surface area contributed by atoms with Gasteiger partial charge in [-0.15, -0.1) is 0 Å². The van der Waals surface area contributed by atoms with Gasteiger partial charge in [-0.25, -0.2) is 0 Å². The van der Waals surface area contributed by atoms with Gasteiger partial charge in [-0.2, -0.15) is 0 Å². The van der Waals surface area contributed by atoms with Crippen molar-refractivity contribution in [2.75, 3.05) is 44.7 Å². The number of rotatable bonds is 8. The quantitative estimate of drug-likeness (QED) is 0.712. The third kappa shape index (κ3) is 5.23. The molecule has 2 saturated heterocycles. The van der Waals surface area contributed by atoms with E-state index < -0.39 is 0 Å². The van der Waals surface area contributed by atoms with E-state index >= 15 is 0 Å². The van der Waals surface area contributed by atoms with Crippen LogP contribution in [-0.4, -0.2) is 61.5 Å². The Balaban J connectivity index is 1.41. The van der Waals surface area contributed by atoms with Gasteiger partial charge in [-0.3, -0.25) is 4.79 Å². The fraction of sp³-hybridized carbons (Fsp3) is 0.682. The van der Waals surface area contributed by atoms with Crippen molar-refractivity contribution in [3.05, 3.63) is 29.8 Å². The average molecular weight is 358 g/mol. The van der Waals surface area contributed by atoms with Crippen molar-refractivity contribution in [3.8, 4) is 0 Å². The van der Waals surface area contributed by atoms with Crippen molar-refractivity contribution in [1.82, 2.24) is 9.80 Å². The van der Waals surface area contributed by atoms with Gasteiger partial charge in [0.05, 0.1) is 0 Å². The summed E-state index contributed by atoms with van der Waals surface area (Å²) in [6, 6.07) is 9.46. The predicted molar refractivity (Wildman–Crippen MR) is 109 cm³/mol. The minimum Gasteiger partial charge on any atom is -0.375 e. The molecule has 1 unspecified atom stereocenters. The number of hydrogen-bond acceptors (Lipinski definition) is 3. The fourth-order valence-electron chi connectivity index (χ4n) is 4.17. The zero-order valence-corrected chi connectivity index (χ0v) is 16.6. The summed E-state index contributed by atoms with van der Waals surface area (Å²) in [5.74, 6) is 0.319. The minimum atomic E-state index is 0.319. The molecular formula is C22H35N3O. The van der Waals surface area contributed by atoms with Crippen molar-refractivity contribution >= 4 is 11.6 Å². The number of aryl methyl sites for hydroxylation is 1. The van der Waals surface area contributed by atoms with E-state index in [1.807, 2.05) is 4.90 Å². The first kappa shape index (κ1) is 19.2. The monoisotopic (exact) mass is 357 g/mol. The van der Waals surface area contributed by atoms with Gasteiger partial charge in [0.15, 0.2) is 0 Å². The van der Waals surface area contributed by atoms with Crippen LogP contribution >= 0.6 is 0 Å². The second-order valence-corrected chi connectivity index (χ2v) is 8.06. The van der Waals surface area contributed by atoms with Crippen molar-refractivity contribution < 1.29 is 4.79 Å². The summed E-state index contributed by atoms with van der Waals surface area (Å²) < 4.78 is 0. The zero-order chi connectivity index (χ0) is 18.4. The first-order valence-electron chi connectivity index (χ1n) is 10.5. The standard InChI is InChI=1S/C22H35N3O/c1-19(24-14-3-4-15-24)13-18-23(2)21-10-7-20(8-11-21)9-12-22(26)25-16-5-6-17-25/h7-8,10-11,19H,3-6,9,12-18H2,1-2H3. The van der Waals surface area contributed by atoms with Crippen LogP contribution in [0.4, 0.5) is 5.69 Å². The third-order valence-electron chi connectivity index (χ3n) is 6.11. The highest BCUT2D eigenvalue weighted by Crippen LogP contribution is 2.18. The number of amides is 1. The van der Waals surface area contributed by atoms with E-state index in [2.05, 4.69) is 48.0 Å². The molecule has 1 aromatic carbocycles. The summed E-state index contributed by atoms with van der Waals surface area (Å²) >= 11 is 0. The molecule has 0 aliphatic carbocycles. The molecule has 0 aromatic heterocycles. The number of hydrogen-bond donors (Lipinski definition) is 0. The van der Waals surface area contributed by atoms with E-state index in [0.717, 1.165) is 26.1 Å². The minimum absolute atomic E-state index is 0.319. The number of carbonyl (C=O) groups is 1. The van der Waals surface area contributed by atoms with Crippen LogP contribution in [0.15, 0.2) is 24.3 Å². The molecule has 144 valence electrons. The van der Waals surface area contributed by atoms with Crippen LogP contribution < -0.4 is 4.90 Å². The molecule has 0 N–H and O–H groups in total. The van der Waals surface area contributed by atoms with Gasteiger partial charge >= 0.3 is 0 Å². The van der Waals surface area contributed by atoms with E-state index in [1.165, 1.54) is 56.4 Å². The van der Waals surface area contributed by atoms with Gasteiger partial charge in [-0.05, 0) is 76.2 Å². The van der Waals surface area contributed by atoms with Crippen LogP contribution in [0.2, 0.25) is 0 Å². The van der Waals surface area contributed by atoms with Crippen LogP contribution in [0.1, 0.15) is 51.0 Å². The van der Waals surface area contributed by atoms with Gasteiger partial charge in [0.1, 0.15) is 0 Å². The van der Waals surface area contributed by atoms with Gasteiger partial charge in [0.2, 0.25) is 5.91 Å². The van der Waals surface area contributed by atoms with Crippen LogP contribution in [0.5, 0.6) is 0 Å². The summed E-state index contributed by atoms with van der Waals surface area (Å²) in [5.41, 5.74) is 2.54. The molecule has 0 saturated carbocycles. The Morgan fingerprint density at radius 1 is 1.04 bits per heavy atom. The highest BCUT2D eigenvalue weighted by atomic mass is 16.2. The van der Waals surface area contributed by atoms with Crippen molar-refractivity contribution in [2.45, 2.75) is 57.9 Å². The maximum atomic E-state index is 12.2. The Bertz CT molecular complexity index is 559. The molecule has 4 nitrogen and oxygen atoms in total. The van der Waals surface area contributed by atoms with E-state index in [-0.39, 0.29) is 0 Å². The second-order valence-electron chi connectivity index (χ2n) is 8.06. The largest absolute Gasteiger partial charge is 0.375 e. The summed E-state index contributed by atoms with van der Waals surface area (Å²) in [5, 5.41) is 0. The summed E-state index contributed by atoms with van der Waals surface area (Å²) in [7, 11) is 2.18. The average Bonchev–Trinajstić information content (AvgIpc) is 3.38. The highest BCUT2D eigenvalue weighted by Gasteiger charge is 2.19. The lowest BCUT2D eigenvalue weighted by atomic mass is 10.1. The molecule has 1 aromatic rings. The van der Waals surface area contributed by atoms with Crippen molar-refractivity contribution in [2.24, 2.45) is 0 Å². The number of carbonyl (C=O) groups excluding carboxylic acids is 1. The normalized spacial score (nSPS) is 19.1. The van der Waals surface area contributed by atoms with Crippen LogP contribution in [0.3, 0.4) is 0 Å². The molecule has 1 atom stereocenters. The number of likely N-dealkylation sites (tertiary alicyclic amines) is 2. The smallest absolute Gasteiger partial charge is 0.222 e. The summed E-state index contributed by atoms with van der Waals surface area (Å²) in [6.45, 7) is 7.91. The number of nitrogens with zero attached hydrogens (tertiary/aromatic N) is 3. The van der Waals surface area contributed by atoms with E-state index in [0.29, 0.717) is 18.4 Å². The molecule has 3 rings (SSSR count). The molecule has 0 radical (unpaired) electrons. The van der Waals surface area contributed by atoms with Crippen LogP contribution in [0.25, 0.3) is 0 Å². The molecule has 26 heavy (non-hydrogen) atoms. The van der Waals surface area contributed by atoms with Crippen molar-refractivity contribution in [1.29, 1.82) is 0 Å². The fourth-order valence-corrected chi connectivity index (χ4v) is 4.17. The Morgan fingerprint density at radius 3 is 2.31 bits per heavy atom. The highest BCUT2D eigenvalue weighted by molar-refractivity contribution is 5.76. The SMILES string of the molecule is CC(CCN(C)c1ccc(CCC(=O)N2CCCC2)cc1)N1CCCC1.